The maximum Gasteiger partial charge on any atom is 0.239 e. The van der Waals surface area contributed by atoms with Gasteiger partial charge in [-0.2, -0.15) is 5.10 Å². The number of likely N-dealkylation sites (tertiary alicyclic amines) is 1. The Morgan fingerprint density at radius 3 is 3.09 bits per heavy atom. The van der Waals surface area contributed by atoms with Crippen LogP contribution >= 0.6 is 11.6 Å². The highest BCUT2D eigenvalue weighted by Crippen LogP contribution is 2.25. The summed E-state index contributed by atoms with van der Waals surface area (Å²) in [6.45, 7) is 4.15. The van der Waals surface area contributed by atoms with Crippen molar-refractivity contribution in [2.45, 2.75) is 25.7 Å². The van der Waals surface area contributed by atoms with Crippen molar-refractivity contribution in [3.05, 3.63) is 40.8 Å². The molecular formula is C16H20ClN5O. The zero-order valence-electron chi connectivity index (χ0n) is 13.1. The third kappa shape index (κ3) is 4.30. The van der Waals surface area contributed by atoms with Gasteiger partial charge in [-0.1, -0.05) is 11.6 Å². The van der Waals surface area contributed by atoms with Gasteiger partial charge >= 0.3 is 0 Å². The smallest absolute Gasteiger partial charge is 0.239 e. The average Bonchev–Trinajstić information content (AvgIpc) is 2.96. The van der Waals surface area contributed by atoms with Crippen LogP contribution in [0.5, 0.6) is 0 Å². The molecule has 2 aromatic rings. The Morgan fingerprint density at radius 2 is 2.39 bits per heavy atom. The van der Waals surface area contributed by atoms with Gasteiger partial charge in [-0.25, -0.2) is 4.98 Å². The number of hydrogen-bond acceptors (Lipinski definition) is 4. The van der Waals surface area contributed by atoms with E-state index in [1.54, 1.807) is 12.1 Å². The van der Waals surface area contributed by atoms with E-state index < -0.39 is 0 Å². The quantitative estimate of drug-likeness (QED) is 0.902. The number of piperidine rings is 1. The molecule has 0 bridgehead atoms. The summed E-state index contributed by atoms with van der Waals surface area (Å²) in [7, 11) is 0. The van der Waals surface area contributed by atoms with Crippen LogP contribution < -0.4 is 5.32 Å². The van der Waals surface area contributed by atoms with Crippen LogP contribution in [-0.4, -0.2) is 45.6 Å². The predicted molar refractivity (Wildman–Crippen MR) is 89.6 cm³/mol. The van der Waals surface area contributed by atoms with E-state index in [1.165, 1.54) is 6.20 Å². The molecule has 1 amide bonds. The predicted octanol–water partition coefficient (Wildman–Crippen LogP) is 2.58. The number of amides is 1. The van der Waals surface area contributed by atoms with E-state index in [0.717, 1.165) is 37.3 Å². The molecule has 1 fully saturated rings. The highest BCUT2D eigenvalue weighted by Gasteiger charge is 2.24. The largest absolute Gasteiger partial charge is 0.310 e. The molecule has 1 atom stereocenters. The summed E-state index contributed by atoms with van der Waals surface area (Å²) >= 11 is 5.79. The minimum atomic E-state index is -0.0568. The average molecular weight is 334 g/mol. The summed E-state index contributed by atoms with van der Waals surface area (Å²) in [4.78, 5) is 18.4. The number of carbonyl (C=O) groups excluding carboxylic acids is 1. The van der Waals surface area contributed by atoms with Gasteiger partial charge in [0.2, 0.25) is 5.91 Å². The molecule has 6 nitrogen and oxygen atoms in total. The molecule has 2 aromatic heterocycles. The second-order valence-corrected chi connectivity index (χ2v) is 6.40. The number of nitrogens with one attached hydrogen (secondary N) is 2. The van der Waals surface area contributed by atoms with Crippen LogP contribution in [0.25, 0.3) is 0 Å². The molecule has 1 saturated heterocycles. The fourth-order valence-electron chi connectivity index (χ4n) is 2.92. The van der Waals surface area contributed by atoms with Crippen LogP contribution in [0.4, 0.5) is 5.82 Å². The molecule has 1 aliphatic rings. The fraction of sp³-hybridized carbons (Fsp3) is 0.438. The molecular weight excluding hydrogens is 314 g/mol. The molecule has 7 heteroatoms. The number of carbonyl (C=O) groups is 1. The molecule has 2 N–H and O–H groups in total. The van der Waals surface area contributed by atoms with E-state index in [4.69, 9.17) is 11.6 Å². The van der Waals surface area contributed by atoms with Gasteiger partial charge in [0.15, 0.2) is 0 Å². The first-order valence-electron chi connectivity index (χ1n) is 7.76. The lowest BCUT2D eigenvalue weighted by molar-refractivity contribution is -0.117. The molecule has 1 aliphatic heterocycles. The lowest BCUT2D eigenvalue weighted by Crippen LogP contribution is -2.39. The van der Waals surface area contributed by atoms with Gasteiger partial charge < -0.3 is 5.32 Å². The SMILES string of the molecule is Cc1cc(C2CCCN(CC(=O)Nc3ccc(Cl)cn3)C2)n[nH]1. The first-order valence-corrected chi connectivity index (χ1v) is 8.13. The van der Waals surface area contributed by atoms with Gasteiger partial charge in [0.05, 0.1) is 17.3 Å². The Kier molecular flexibility index (Phi) is 4.93. The highest BCUT2D eigenvalue weighted by atomic mass is 35.5. The van der Waals surface area contributed by atoms with Crippen molar-refractivity contribution in [1.29, 1.82) is 0 Å². The fourth-order valence-corrected chi connectivity index (χ4v) is 3.04. The van der Waals surface area contributed by atoms with Crippen LogP contribution in [0.1, 0.15) is 30.1 Å². The van der Waals surface area contributed by atoms with Crippen LogP contribution in [0, 0.1) is 6.92 Å². The Hall–Kier alpha value is -1.92. The van der Waals surface area contributed by atoms with Crippen LogP contribution in [0.2, 0.25) is 5.02 Å². The van der Waals surface area contributed by atoms with Crippen LogP contribution in [0.3, 0.4) is 0 Å². The molecule has 0 radical (unpaired) electrons. The molecule has 0 aromatic carbocycles. The minimum absolute atomic E-state index is 0.0568. The maximum atomic E-state index is 12.2. The van der Waals surface area contributed by atoms with E-state index in [-0.39, 0.29) is 5.91 Å². The number of pyridine rings is 1. The first kappa shape index (κ1) is 16.0. The third-order valence-electron chi connectivity index (χ3n) is 4.01. The second kappa shape index (κ2) is 7.10. The van der Waals surface area contributed by atoms with Gasteiger partial charge in [0, 0.05) is 24.4 Å². The summed E-state index contributed by atoms with van der Waals surface area (Å²) in [5.74, 6) is 0.852. The van der Waals surface area contributed by atoms with E-state index in [9.17, 15) is 4.79 Å². The summed E-state index contributed by atoms with van der Waals surface area (Å²) in [5, 5.41) is 10.7. The molecule has 0 spiro atoms. The van der Waals surface area contributed by atoms with E-state index >= 15 is 0 Å². The molecule has 0 aliphatic carbocycles. The number of nitrogens with zero attached hydrogens (tertiary/aromatic N) is 3. The molecule has 122 valence electrons. The number of rotatable bonds is 4. The molecule has 3 heterocycles. The normalized spacial score (nSPS) is 18.8. The van der Waals surface area contributed by atoms with Gasteiger partial charge in [-0.05, 0) is 44.5 Å². The topological polar surface area (TPSA) is 73.9 Å². The Morgan fingerprint density at radius 1 is 1.52 bits per heavy atom. The second-order valence-electron chi connectivity index (χ2n) is 5.96. The lowest BCUT2D eigenvalue weighted by Gasteiger charge is -2.31. The zero-order valence-corrected chi connectivity index (χ0v) is 13.8. The number of H-pyrrole nitrogens is 1. The number of aromatic nitrogens is 3. The maximum absolute atomic E-state index is 12.2. The van der Waals surface area contributed by atoms with Crippen molar-refractivity contribution < 1.29 is 4.79 Å². The Bertz CT molecular complexity index is 669. The summed E-state index contributed by atoms with van der Waals surface area (Å²) in [5.41, 5.74) is 2.16. The number of aromatic amines is 1. The van der Waals surface area contributed by atoms with Crippen molar-refractivity contribution in [1.82, 2.24) is 20.1 Å². The van der Waals surface area contributed by atoms with E-state index in [0.29, 0.717) is 23.3 Å². The third-order valence-corrected chi connectivity index (χ3v) is 4.24. The summed E-state index contributed by atoms with van der Waals surface area (Å²) in [6, 6.07) is 5.50. The Labute approximate surface area is 140 Å². The van der Waals surface area contributed by atoms with Crippen molar-refractivity contribution in [3.63, 3.8) is 0 Å². The van der Waals surface area contributed by atoms with Gasteiger partial charge in [0.25, 0.3) is 0 Å². The number of aryl methyl sites for hydroxylation is 1. The number of anilines is 1. The lowest BCUT2D eigenvalue weighted by atomic mass is 9.94. The Balaban J connectivity index is 1.54. The monoisotopic (exact) mass is 333 g/mol. The molecule has 0 saturated carbocycles. The number of halogens is 1. The van der Waals surface area contributed by atoms with Crippen molar-refractivity contribution in [2.75, 3.05) is 25.0 Å². The molecule has 3 rings (SSSR count). The molecule has 23 heavy (non-hydrogen) atoms. The minimum Gasteiger partial charge on any atom is -0.310 e. The van der Waals surface area contributed by atoms with Crippen molar-refractivity contribution in [3.8, 4) is 0 Å². The van der Waals surface area contributed by atoms with Gasteiger partial charge in [-0.15, -0.1) is 0 Å². The van der Waals surface area contributed by atoms with Gasteiger partial charge in [-0.3, -0.25) is 14.8 Å². The highest BCUT2D eigenvalue weighted by molar-refractivity contribution is 6.30. The molecule has 1 unspecified atom stereocenters. The van der Waals surface area contributed by atoms with E-state index in [1.807, 2.05) is 6.92 Å². The summed E-state index contributed by atoms with van der Waals surface area (Å²) < 4.78 is 0. The van der Waals surface area contributed by atoms with Crippen molar-refractivity contribution >= 4 is 23.3 Å². The number of hydrogen-bond donors (Lipinski definition) is 2. The first-order chi connectivity index (χ1) is 11.1. The zero-order chi connectivity index (χ0) is 16.2. The van der Waals surface area contributed by atoms with Crippen LogP contribution in [-0.2, 0) is 4.79 Å². The summed E-state index contributed by atoms with van der Waals surface area (Å²) in [6.07, 6.45) is 3.71. The van der Waals surface area contributed by atoms with Crippen LogP contribution in [0.15, 0.2) is 24.4 Å². The van der Waals surface area contributed by atoms with Crippen molar-refractivity contribution in [2.24, 2.45) is 0 Å². The van der Waals surface area contributed by atoms with Gasteiger partial charge in [0.1, 0.15) is 5.82 Å². The van der Waals surface area contributed by atoms with E-state index in [2.05, 4.69) is 31.5 Å². The standard InChI is InChI=1S/C16H20ClN5O/c1-11-7-14(21-20-11)12-3-2-6-22(9-12)10-16(23)19-15-5-4-13(17)8-18-15/h4-5,7-8,12H,2-3,6,9-10H2,1H3,(H,20,21)(H,18,19,23).